The van der Waals surface area contributed by atoms with Crippen LogP contribution in [-0.4, -0.2) is 21.9 Å². The Balaban J connectivity index is 0. The molecule has 0 spiro atoms. The lowest BCUT2D eigenvalue weighted by atomic mass is 14.0. The third-order valence-corrected chi connectivity index (χ3v) is 0. The summed E-state index contributed by atoms with van der Waals surface area (Å²) in [4.78, 5) is 0. The summed E-state index contributed by atoms with van der Waals surface area (Å²) in [6.45, 7) is 0. The molecule has 0 amide bonds. The van der Waals surface area contributed by atoms with Crippen molar-refractivity contribution in [3.8, 4) is 0 Å². The van der Waals surface area contributed by atoms with E-state index in [1.807, 2.05) is 0 Å². The fraction of sp³-hybridized carbons (Fsp3) is 0. The minimum absolute atomic E-state index is 0. The second kappa shape index (κ2) is 1450. The molecule has 0 aliphatic heterocycles. The van der Waals surface area contributed by atoms with Crippen LogP contribution in [0.3, 0.4) is 0 Å². The Hall–Kier alpha value is 0.0969. The van der Waals surface area contributed by atoms with Crippen molar-refractivity contribution in [3.05, 3.63) is 0 Å². The van der Waals surface area contributed by atoms with Crippen LogP contribution in [0.25, 0.3) is 0 Å². The normalized spacial score (nSPS) is 0. The molecule has 7 N–H and O–H groups in total. The van der Waals surface area contributed by atoms with E-state index in [4.69, 9.17) is 0 Å². The third-order valence-electron chi connectivity index (χ3n) is 0. The van der Waals surface area contributed by atoms with Crippen LogP contribution in [-0.2, 0) is 0 Å². The first-order valence-corrected chi connectivity index (χ1v) is 0. The van der Waals surface area contributed by atoms with Crippen LogP contribution in [0.5, 0.6) is 0 Å². The van der Waals surface area contributed by atoms with Crippen molar-refractivity contribution >= 4 is 11.0 Å². The predicted octanol–water partition coefficient (Wildman–Crippen LogP) is -1.87. The van der Waals surface area contributed by atoms with Gasteiger partial charge in [-0.1, -0.05) is 0 Å². The molecule has 0 aromatic heterocycles. The highest BCUT2D eigenvalue weighted by molar-refractivity contribution is 5.75. The molecule has 0 fully saturated rings. The Labute approximate surface area is 29.2 Å². The molecule has 4 heavy (non-hydrogen) atoms. The molecule has 0 heterocycles. The molecule has 4 radical (unpaired) electrons. The van der Waals surface area contributed by atoms with Crippen LogP contribution in [0.2, 0.25) is 0 Å². The topological polar surface area (TPSA) is 98.0 Å². The van der Waals surface area contributed by atoms with Gasteiger partial charge in [0.25, 0.3) is 0 Å². The van der Waals surface area contributed by atoms with Crippen LogP contribution in [0, 0.1) is 0 Å². The van der Waals surface area contributed by atoms with Gasteiger partial charge in [-0.2, -0.15) is 0 Å². The van der Waals surface area contributed by atoms with E-state index in [2.05, 4.69) is 0 Å². The molecule has 3 nitrogen and oxygen atoms in total. The summed E-state index contributed by atoms with van der Waals surface area (Å²) in [7, 11) is 0. The monoisotopic (exact) mass is 81.0 g/mol. The van der Waals surface area contributed by atoms with E-state index in [-0.39, 0.29) is 28.1 Å². The average molecular weight is 81.1 g/mol. The zero-order chi connectivity index (χ0) is 0. The fourth-order valence-electron chi connectivity index (χ4n) is 0. The Morgan fingerprint density at radius 2 is 0.750 bits per heavy atom. The largest absolute Gasteiger partial charge is 0.412 e. The molecule has 0 aliphatic rings. The first-order chi connectivity index (χ1) is 0. The maximum absolute atomic E-state index is 0. The summed E-state index contributed by atoms with van der Waals surface area (Å²) in [5.74, 6) is 0. The van der Waals surface area contributed by atoms with Crippen LogP contribution in [0.1, 0.15) is 0 Å². The Kier molecular flexibility index (Phi) is 1520000. The van der Waals surface area contributed by atoms with Crippen molar-refractivity contribution in [2.75, 3.05) is 0 Å². The summed E-state index contributed by atoms with van der Waals surface area (Å²) in [6, 6.07) is 0. The maximum Gasteiger partial charge on any atom is 0 e. The molecular weight excluding hydrogens is 74.1 g/mol. The highest BCUT2D eigenvalue weighted by atomic mass is 28.1. The lowest BCUT2D eigenvalue weighted by Crippen LogP contribution is -0.481. The van der Waals surface area contributed by atoms with E-state index in [0.717, 1.165) is 0 Å². The maximum atomic E-state index is 0. The van der Waals surface area contributed by atoms with Crippen molar-refractivity contribution in [1.29, 1.82) is 0 Å². The molecule has 28 valence electrons. The van der Waals surface area contributed by atoms with Crippen molar-refractivity contribution in [3.63, 3.8) is 0 Å². The summed E-state index contributed by atoms with van der Waals surface area (Å²) >= 11 is 0. The molecule has 0 saturated carbocycles. The summed E-state index contributed by atoms with van der Waals surface area (Å²) in [5, 5.41) is 0. The van der Waals surface area contributed by atoms with Crippen molar-refractivity contribution in [2.24, 2.45) is 0 Å². The number of hydrogen-bond donors (Lipinski definition) is 1. The van der Waals surface area contributed by atoms with Gasteiger partial charge in [0.2, 0.25) is 0 Å². The Bertz CT molecular complexity index is 6.00. The van der Waals surface area contributed by atoms with Crippen molar-refractivity contribution in [1.82, 2.24) is 6.15 Å². The van der Waals surface area contributed by atoms with Gasteiger partial charge in [0, 0.05) is 11.0 Å². The Morgan fingerprint density at radius 3 is 0.750 bits per heavy atom. The van der Waals surface area contributed by atoms with Gasteiger partial charge in [-0.25, -0.2) is 0 Å². The highest BCUT2D eigenvalue weighted by Crippen LogP contribution is -0.288. The van der Waals surface area contributed by atoms with Gasteiger partial charge in [0.05, 0.1) is 0 Å². The molecule has 0 aliphatic carbocycles. The van der Waals surface area contributed by atoms with E-state index < -0.39 is 0 Å². The van der Waals surface area contributed by atoms with Gasteiger partial charge < -0.3 is 17.1 Å². The molecule has 0 unspecified atom stereocenters. The number of rotatable bonds is 0. The SMILES string of the molecule is N.O.O.[Si]. The van der Waals surface area contributed by atoms with E-state index in [1.54, 1.807) is 0 Å². The van der Waals surface area contributed by atoms with Gasteiger partial charge in [0.1, 0.15) is 0 Å². The summed E-state index contributed by atoms with van der Waals surface area (Å²) in [6.07, 6.45) is 0. The van der Waals surface area contributed by atoms with E-state index in [0.29, 0.717) is 0 Å². The predicted molar refractivity (Wildman–Crippen MR) is 18.0 cm³/mol. The molecule has 0 atom stereocenters. The van der Waals surface area contributed by atoms with Gasteiger partial charge >= 0.3 is 0 Å². The minimum Gasteiger partial charge on any atom is -0.412 e. The lowest BCUT2D eigenvalue weighted by molar-refractivity contribution is 0.823. The molecule has 0 bridgehead atoms. The second-order valence-electron chi connectivity index (χ2n) is 0. The van der Waals surface area contributed by atoms with Gasteiger partial charge in [0.15, 0.2) is 0 Å². The first kappa shape index (κ1) is 4190. The fourth-order valence-corrected chi connectivity index (χ4v) is 0. The third kappa shape index (κ3) is 269. The molecule has 0 aromatic carbocycles. The number of hydrogen-bond acceptors (Lipinski definition) is 1. The van der Waals surface area contributed by atoms with Crippen LogP contribution < -0.4 is 6.15 Å². The molecular formula is H7NO2Si. The van der Waals surface area contributed by atoms with Crippen LogP contribution in [0.15, 0.2) is 0 Å². The Morgan fingerprint density at radius 1 is 0.750 bits per heavy atom. The van der Waals surface area contributed by atoms with Gasteiger partial charge in [-0.05, 0) is 0 Å². The molecule has 4 heteroatoms. The average Bonchev–Trinajstić information content (AvgIpc) is 0. The van der Waals surface area contributed by atoms with Crippen LogP contribution >= 0.6 is 0 Å². The quantitative estimate of drug-likeness (QED) is 0.339. The van der Waals surface area contributed by atoms with E-state index in [1.165, 1.54) is 0 Å². The second-order valence-corrected chi connectivity index (χ2v) is 0. The zero-order valence-electron chi connectivity index (χ0n) is 2.21. The smallest absolute Gasteiger partial charge is 0 e. The molecule has 0 saturated heterocycles. The minimum atomic E-state index is 0. The van der Waals surface area contributed by atoms with Crippen molar-refractivity contribution in [2.45, 2.75) is 0 Å². The van der Waals surface area contributed by atoms with E-state index in [9.17, 15) is 0 Å². The van der Waals surface area contributed by atoms with Crippen molar-refractivity contribution < 1.29 is 11.0 Å². The van der Waals surface area contributed by atoms with E-state index >= 15 is 0 Å². The van der Waals surface area contributed by atoms with Gasteiger partial charge in [-0.15, -0.1) is 0 Å². The summed E-state index contributed by atoms with van der Waals surface area (Å²) in [5.41, 5.74) is 0. The zero-order valence-corrected chi connectivity index (χ0v) is 3.21. The summed E-state index contributed by atoms with van der Waals surface area (Å²) < 4.78 is 0. The van der Waals surface area contributed by atoms with Crippen LogP contribution in [0.4, 0.5) is 0 Å². The standard InChI is InChI=1S/H3N.2H2O.Si/h1H3;2*1H2;. The molecule has 0 rings (SSSR count). The molecule has 0 aromatic rings. The van der Waals surface area contributed by atoms with Gasteiger partial charge in [-0.3, -0.25) is 0 Å². The first-order valence-electron chi connectivity index (χ1n) is 0. The highest BCUT2D eigenvalue weighted by Gasteiger charge is 0.00000781. The lowest BCUT2D eigenvalue weighted by Gasteiger charge is -0.413.